The van der Waals surface area contributed by atoms with Crippen molar-refractivity contribution in [1.29, 1.82) is 0 Å². The molecule has 0 atom stereocenters. The van der Waals surface area contributed by atoms with Gasteiger partial charge in [-0.15, -0.1) is 0 Å². The highest BCUT2D eigenvalue weighted by atomic mass is 32.2. The molecule has 1 aliphatic rings. The van der Waals surface area contributed by atoms with Crippen LogP contribution in [0.4, 0.5) is 0 Å². The van der Waals surface area contributed by atoms with Crippen molar-refractivity contribution < 1.29 is 4.79 Å². The molecule has 0 unspecified atom stereocenters. The second kappa shape index (κ2) is 4.26. The third-order valence-electron chi connectivity index (χ3n) is 1.71. The molecule has 0 radical (unpaired) electrons. The first-order chi connectivity index (χ1) is 7.25. The Hall–Kier alpha value is -1.63. The van der Waals surface area contributed by atoms with Crippen LogP contribution in [-0.2, 0) is 0 Å². The fourth-order valence-electron chi connectivity index (χ4n) is 1.04. The molecule has 0 bridgehead atoms. The molecule has 1 aliphatic heterocycles. The van der Waals surface area contributed by atoms with Crippen LogP contribution in [0.5, 0.6) is 0 Å². The van der Waals surface area contributed by atoms with Crippen molar-refractivity contribution in [2.75, 3.05) is 12.3 Å². The lowest BCUT2D eigenvalue weighted by atomic mass is 10.4. The van der Waals surface area contributed by atoms with Gasteiger partial charge in [-0.25, -0.2) is 4.98 Å². The van der Waals surface area contributed by atoms with E-state index in [-0.39, 0.29) is 17.2 Å². The van der Waals surface area contributed by atoms with E-state index in [9.17, 15) is 9.59 Å². The first-order valence-corrected chi connectivity index (χ1v) is 5.27. The summed E-state index contributed by atoms with van der Waals surface area (Å²) in [5.74, 6) is 0.522. The van der Waals surface area contributed by atoms with E-state index in [1.165, 1.54) is 18.0 Å². The minimum absolute atomic E-state index is 0.171. The van der Waals surface area contributed by atoms with Crippen LogP contribution in [0.25, 0.3) is 0 Å². The van der Waals surface area contributed by atoms with Crippen LogP contribution in [0.15, 0.2) is 22.2 Å². The van der Waals surface area contributed by atoms with Crippen LogP contribution in [-0.4, -0.2) is 33.3 Å². The summed E-state index contributed by atoms with van der Waals surface area (Å²) in [6.45, 7) is 0.722. The van der Waals surface area contributed by atoms with Crippen LogP contribution >= 0.6 is 11.8 Å². The van der Waals surface area contributed by atoms with Crippen LogP contribution in [0.1, 0.15) is 10.5 Å². The zero-order valence-corrected chi connectivity index (χ0v) is 8.50. The fraction of sp³-hybridized carbons (Fsp3) is 0.250. The number of nitrogens with zero attached hydrogens (tertiary/aromatic N) is 2. The van der Waals surface area contributed by atoms with Crippen LogP contribution in [0, 0.1) is 0 Å². The Kier molecular flexibility index (Phi) is 2.82. The molecule has 15 heavy (non-hydrogen) atoms. The average Bonchev–Trinajstić information content (AvgIpc) is 2.71. The first kappa shape index (κ1) is 9.91. The summed E-state index contributed by atoms with van der Waals surface area (Å²) >= 11 is 1.49. The van der Waals surface area contributed by atoms with E-state index in [2.05, 4.69) is 20.3 Å². The Balaban J connectivity index is 2.07. The molecule has 7 heteroatoms. The van der Waals surface area contributed by atoms with Crippen molar-refractivity contribution in [1.82, 2.24) is 15.3 Å². The zero-order valence-electron chi connectivity index (χ0n) is 7.69. The summed E-state index contributed by atoms with van der Waals surface area (Å²) in [6.07, 6.45) is 2.34. The number of aliphatic imine (C=N–C) groups is 1. The predicted molar refractivity (Wildman–Crippen MR) is 57.1 cm³/mol. The highest BCUT2D eigenvalue weighted by molar-refractivity contribution is 8.14. The topological polar surface area (TPSA) is 87.2 Å². The zero-order chi connectivity index (χ0) is 10.7. The third-order valence-corrected chi connectivity index (χ3v) is 2.60. The van der Waals surface area contributed by atoms with E-state index in [0.29, 0.717) is 5.17 Å². The maximum absolute atomic E-state index is 11.5. The van der Waals surface area contributed by atoms with Crippen LogP contribution in [0.3, 0.4) is 0 Å². The minimum atomic E-state index is -0.362. The van der Waals surface area contributed by atoms with Crippen molar-refractivity contribution in [2.24, 2.45) is 4.99 Å². The predicted octanol–water partition coefficient (Wildman–Crippen LogP) is -0.398. The molecule has 6 nitrogen and oxygen atoms in total. The molecule has 0 fully saturated rings. The average molecular weight is 224 g/mol. The quantitative estimate of drug-likeness (QED) is 0.679. The highest BCUT2D eigenvalue weighted by Crippen LogP contribution is 2.09. The minimum Gasteiger partial charge on any atom is -0.325 e. The Bertz CT molecular complexity index is 447. The smallest absolute Gasteiger partial charge is 0.277 e. The van der Waals surface area contributed by atoms with Crippen molar-refractivity contribution in [3.63, 3.8) is 0 Å². The summed E-state index contributed by atoms with van der Waals surface area (Å²) in [4.78, 5) is 32.4. The van der Waals surface area contributed by atoms with Gasteiger partial charge >= 0.3 is 0 Å². The highest BCUT2D eigenvalue weighted by Gasteiger charge is 2.13. The van der Waals surface area contributed by atoms with E-state index in [0.717, 1.165) is 18.5 Å². The lowest BCUT2D eigenvalue weighted by molar-refractivity contribution is 0.0972. The first-order valence-electron chi connectivity index (χ1n) is 4.29. The van der Waals surface area contributed by atoms with Crippen LogP contribution < -0.4 is 10.9 Å². The van der Waals surface area contributed by atoms with Gasteiger partial charge in [0.25, 0.3) is 11.5 Å². The van der Waals surface area contributed by atoms with Gasteiger partial charge in [0.2, 0.25) is 0 Å². The molecule has 0 aromatic carbocycles. The number of carbonyl (C=O) groups excluding carboxylic acids is 1. The molecule has 0 saturated heterocycles. The number of amidine groups is 1. The van der Waals surface area contributed by atoms with E-state index < -0.39 is 0 Å². The molecule has 0 aliphatic carbocycles. The third kappa shape index (κ3) is 2.44. The SMILES string of the molecule is O=C(NC1=NCCS1)c1c[nH]c(=O)cn1. The van der Waals surface area contributed by atoms with Gasteiger partial charge in [-0.2, -0.15) is 0 Å². The van der Waals surface area contributed by atoms with Gasteiger partial charge < -0.3 is 4.98 Å². The van der Waals surface area contributed by atoms with Gasteiger partial charge in [-0.3, -0.25) is 19.9 Å². The summed E-state index contributed by atoms with van der Waals surface area (Å²) in [5.41, 5.74) is -0.163. The molecule has 1 amide bonds. The standard InChI is InChI=1S/C8H8N4O2S/c13-6-4-10-5(3-11-6)7(14)12-8-9-1-2-15-8/h3-4H,1-2H2,(H,11,13)(H,9,12,14). The van der Waals surface area contributed by atoms with Gasteiger partial charge in [-0.05, 0) is 0 Å². The molecular formula is C8H8N4O2S. The van der Waals surface area contributed by atoms with E-state index in [1.807, 2.05) is 0 Å². The monoisotopic (exact) mass is 224 g/mol. The molecule has 1 aromatic heterocycles. The number of aromatic nitrogens is 2. The van der Waals surface area contributed by atoms with Gasteiger partial charge in [0, 0.05) is 11.9 Å². The number of hydrogen-bond acceptors (Lipinski definition) is 5. The van der Waals surface area contributed by atoms with Crippen molar-refractivity contribution >= 4 is 22.8 Å². The number of nitrogens with one attached hydrogen (secondary N) is 2. The molecule has 0 saturated carbocycles. The maximum atomic E-state index is 11.5. The second-order valence-electron chi connectivity index (χ2n) is 2.79. The molecule has 2 heterocycles. The largest absolute Gasteiger partial charge is 0.325 e. The number of hydrogen-bond donors (Lipinski definition) is 2. The summed E-state index contributed by atoms with van der Waals surface area (Å²) < 4.78 is 0. The number of rotatable bonds is 1. The van der Waals surface area contributed by atoms with E-state index in [1.54, 1.807) is 0 Å². The van der Waals surface area contributed by atoms with Crippen molar-refractivity contribution in [3.05, 3.63) is 28.4 Å². The molecule has 78 valence electrons. The summed E-state index contributed by atoms with van der Waals surface area (Å²) in [5, 5.41) is 3.21. The Morgan fingerprint density at radius 1 is 1.60 bits per heavy atom. The number of carbonyl (C=O) groups is 1. The summed E-state index contributed by atoms with van der Waals surface area (Å²) in [7, 11) is 0. The van der Waals surface area contributed by atoms with Gasteiger partial charge in [0.15, 0.2) is 5.17 Å². The summed E-state index contributed by atoms with van der Waals surface area (Å²) in [6, 6.07) is 0. The Morgan fingerprint density at radius 3 is 3.07 bits per heavy atom. The fourth-order valence-corrected chi connectivity index (χ4v) is 1.76. The molecular weight excluding hydrogens is 216 g/mol. The Morgan fingerprint density at radius 2 is 2.47 bits per heavy atom. The lowest BCUT2D eigenvalue weighted by Crippen LogP contribution is -2.28. The molecule has 0 spiro atoms. The molecule has 2 N–H and O–H groups in total. The number of amides is 1. The second-order valence-corrected chi connectivity index (χ2v) is 3.87. The number of aromatic amines is 1. The molecule has 1 aromatic rings. The van der Waals surface area contributed by atoms with E-state index in [4.69, 9.17) is 0 Å². The van der Waals surface area contributed by atoms with Crippen molar-refractivity contribution in [3.8, 4) is 0 Å². The molecule has 2 rings (SSSR count). The maximum Gasteiger partial charge on any atom is 0.277 e. The van der Waals surface area contributed by atoms with Crippen molar-refractivity contribution in [2.45, 2.75) is 0 Å². The normalized spacial score (nSPS) is 14.8. The van der Waals surface area contributed by atoms with Gasteiger partial charge in [-0.1, -0.05) is 11.8 Å². The van der Waals surface area contributed by atoms with Gasteiger partial charge in [0.05, 0.1) is 12.7 Å². The van der Waals surface area contributed by atoms with Gasteiger partial charge in [0.1, 0.15) is 5.69 Å². The number of thioether (sulfide) groups is 1. The Labute approximate surface area is 89.2 Å². The lowest BCUT2D eigenvalue weighted by Gasteiger charge is -2.01. The number of H-pyrrole nitrogens is 1. The van der Waals surface area contributed by atoms with Crippen LogP contribution in [0.2, 0.25) is 0 Å². The van der Waals surface area contributed by atoms with E-state index >= 15 is 0 Å².